The fourth-order valence-electron chi connectivity index (χ4n) is 2.27. The fourth-order valence-corrected chi connectivity index (χ4v) is 2.27. The third-order valence-corrected chi connectivity index (χ3v) is 3.50. The number of carboxylic acid groups (broad SMARTS) is 1. The van der Waals surface area contributed by atoms with Gasteiger partial charge in [-0.1, -0.05) is 36.4 Å². The van der Waals surface area contributed by atoms with Crippen LogP contribution in [-0.2, 0) is 17.6 Å². The van der Waals surface area contributed by atoms with Gasteiger partial charge in [0.1, 0.15) is 5.75 Å². The lowest BCUT2D eigenvalue weighted by atomic mass is 9.91. The molecule has 0 radical (unpaired) electrons. The van der Waals surface area contributed by atoms with Gasteiger partial charge in [0, 0.05) is 0 Å². The SMILES string of the molecule is Cc1ccccc1CC(Cc1ccc(O)cc1)C(=O)O. The summed E-state index contributed by atoms with van der Waals surface area (Å²) < 4.78 is 0. The Morgan fingerprint density at radius 2 is 1.70 bits per heavy atom. The lowest BCUT2D eigenvalue weighted by Crippen LogP contribution is -2.19. The maximum absolute atomic E-state index is 11.4. The number of rotatable bonds is 5. The number of aryl methyl sites for hydroxylation is 1. The number of aromatic hydroxyl groups is 1. The summed E-state index contributed by atoms with van der Waals surface area (Å²) in [4.78, 5) is 11.4. The van der Waals surface area contributed by atoms with Crippen LogP contribution in [0, 0.1) is 12.8 Å². The van der Waals surface area contributed by atoms with E-state index in [9.17, 15) is 15.0 Å². The Hall–Kier alpha value is -2.29. The molecule has 0 spiro atoms. The van der Waals surface area contributed by atoms with Crippen molar-refractivity contribution in [3.8, 4) is 5.75 Å². The Balaban J connectivity index is 2.14. The molecule has 0 saturated carbocycles. The number of hydrogen-bond acceptors (Lipinski definition) is 2. The number of hydrogen-bond donors (Lipinski definition) is 2. The zero-order chi connectivity index (χ0) is 14.5. The third kappa shape index (κ3) is 3.60. The van der Waals surface area contributed by atoms with Crippen molar-refractivity contribution in [2.75, 3.05) is 0 Å². The van der Waals surface area contributed by atoms with E-state index in [2.05, 4.69) is 0 Å². The minimum Gasteiger partial charge on any atom is -0.508 e. The van der Waals surface area contributed by atoms with Crippen LogP contribution in [0.25, 0.3) is 0 Å². The first-order valence-electron chi connectivity index (χ1n) is 6.61. The predicted octanol–water partition coefficient (Wildman–Crippen LogP) is 3.19. The van der Waals surface area contributed by atoms with Gasteiger partial charge in [0.15, 0.2) is 0 Å². The molecule has 1 unspecified atom stereocenters. The summed E-state index contributed by atoms with van der Waals surface area (Å²) in [6, 6.07) is 14.6. The number of phenolic OH excluding ortho intramolecular Hbond substituents is 1. The summed E-state index contributed by atoms with van der Waals surface area (Å²) in [5.74, 6) is -1.05. The first-order valence-corrected chi connectivity index (χ1v) is 6.61. The van der Waals surface area contributed by atoms with E-state index in [-0.39, 0.29) is 5.75 Å². The van der Waals surface area contributed by atoms with Crippen LogP contribution in [0.4, 0.5) is 0 Å². The van der Waals surface area contributed by atoms with Crippen LogP contribution in [0.15, 0.2) is 48.5 Å². The van der Waals surface area contributed by atoms with Gasteiger partial charge in [-0.25, -0.2) is 0 Å². The van der Waals surface area contributed by atoms with E-state index in [4.69, 9.17) is 0 Å². The van der Waals surface area contributed by atoms with Crippen molar-refractivity contribution in [2.45, 2.75) is 19.8 Å². The fraction of sp³-hybridized carbons (Fsp3) is 0.235. The summed E-state index contributed by atoms with van der Waals surface area (Å²) in [5.41, 5.74) is 3.10. The quantitative estimate of drug-likeness (QED) is 0.877. The van der Waals surface area contributed by atoms with Crippen LogP contribution in [0.3, 0.4) is 0 Å². The highest BCUT2D eigenvalue weighted by molar-refractivity contribution is 5.71. The second-order valence-corrected chi connectivity index (χ2v) is 5.04. The molecule has 3 heteroatoms. The minimum absolute atomic E-state index is 0.194. The Labute approximate surface area is 118 Å². The molecule has 0 aromatic heterocycles. The molecule has 0 amide bonds. The Kier molecular flexibility index (Phi) is 4.41. The molecule has 0 bridgehead atoms. The van der Waals surface area contributed by atoms with Crippen molar-refractivity contribution >= 4 is 5.97 Å². The first-order chi connectivity index (χ1) is 9.56. The van der Waals surface area contributed by atoms with Gasteiger partial charge in [-0.2, -0.15) is 0 Å². The number of carboxylic acids is 1. The van der Waals surface area contributed by atoms with E-state index in [0.29, 0.717) is 12.8 Å². The van der Waals surface area contributed by atoms with E-state index >= 15 is 0 Å². The van der Waals surface area contributed by atoms with Gasteiger partial charge >= 0.3 is 5.97 Å². The monoisotopic (exact) mass is 270 g/mol. The van der Waals surface area contributed by atoms with Crippen LogP contribution >= 0.6 is 0 Å². The minimum atomic E-state index is -0.790. The second-order valence-electron chi connectivity index (χ2n) is 5.04. The number of phenols is 1. The van der Waals surface area contributed by atoms with Gasteiger partial charge < -0.3 is 10.2 Å². The molecule has 104 valence electrons. The van der Waals surface area contributed by atoms with Gasteiger partial charge in [0.2, 0.25) is 0 Å². The average Bonchev–Trinajstić information content (AvgIpc) is 2.42. The van der Waals surface area contributed by atoms with Crippen molar-refractivity contribution in [3.05, 3.63) is 65.2 Å². The van der Waals surface area contributed by atoms with Crippen LogP contribution < -0.4 is 0 Å². The molecule has 2 aromatic carbocycles. The highest BCUT2D eigenvalue weighted by Gasteiger charge is 2.19. The Morgan fingerprint density at radius 1 is 1.05 bits per heavy atom. The van der Waals surface area contributed by atoms with Gasteiger partial charge in [-0.15, -0.1) is 0 Å². The van der Waals surface area contributed by atoms with E-state index in [1.807, 2.05) is 31.2 Å². The van der Waals surface area contributed by atoms with Crippen molar-refractivity contribution in [3.63, 3.8) is 0 Å². The highest BCUT2D eigenvalue weighted by atomic mass is 16.4. The molecule has 0 aliphatic rings. The van der Waals surface area contributed by atoms with E-state index in [1.165, 1.54) is 0 Å². The smallest absolute Gasteiger partial charge is 0.307 e. The molecule has 2 aromatic rings. The van der Waals surface area contributed by atoms with E-state index < -0.39 is 11.9 Å². The summed E-state index contributed by atoms with van der Waals surface area (Å²) >= 11 is 0. The standard InChI is InChI=1S/C17H18O3/c1-12-4-2-3-5-14(12)11-15(17(19)20)10-13-6-8-16(18)9-7-13/h2-9,15,18H,10-11H2,1H3,(H,19,20). The van der Waals surface area contributed by atoms with Gasteiger partial charge in [-0.05, 0) is 48.6 Å². The Morgan fingerprint density at radius 3 is 2.30 bits per heavy atom. The summed E-state index contributed by atoms with van der Waals surface area (Å²) in [7, 11) is 0. The predicted molar refractivity (Wildman–Crippen MR) is 77.8 cm³/mol. The highest BCUT2D eigenvalue weighted by Crippen LogP contribution is 2.19. The number of benzene rings is 2. The van der Waals surface area contributed by atoms with E-state index in [0.717, 1.165) is 16.7 Å². The summed E-state index contributed by atoms with van der Waals surface area (Å²) in [6.45, 7) is 1.99. The molecule has 0 aliphatic carbocycles. The number of aliphatic carboxylic acids is 1. The molecule has 0 heterocycles. The normalized spacial score (nSPS) is 12.1. The van der Waals surface area contributed by atoms with Gasteiger partial charge in [0.25, 0.3) is 0 Å². The third-order valence-electron chi connectivity index (χ3n) is 3.50. The lowest BCUT2D eigenvalue weighted by Gasteiger charge is -2.14. The van der Waals surface area contributed by atoms with Crippen molar-refractivity contribution < 1.29 is 15.0 Å². The molecule has 1 atom stereocenters. The topological polar surface area (TPSA) is 57.5 Å². The molecule has 0 saturated heterocycles. The summed E-state index contributed by atoms with van der Waals surface area (Å²) in [5, 5.41) is 18.6. The maximum Gasteiger partial charge on any atom is 0.307 e. The maximum atomic E-state index is 11.4. The Bertz CT molecular complexity index is 587. The molecule has 3 nitrogen and oxygen atoms in total. The molecule has 2 N–H and O–H groups in total. The van der Waals surface area contributed by atoms with Crippen LogP contribution in [0.2, 0.25) is 0 Å². The second kappa shape index (κ2) is 6.24. The molecular formula is C17H18O3. The summed E-state index contributed by atoms with van der Waals surface area (Å²) in [6.07, 6.45) is 0.979. The first kappa shape index (κ1) is 14.1. The molecule has 0 aliphatic heterocycles. The van der Waals surface area contributed by atoms with Crippen molar-refractivity contribution in [2.24, 2.45) is 5.92 Å². The van der Waals surface area contributed by atoms with Crippen LogP contribution in [-0.4, -0.2) is 16.2 Å². The van der Waals surface area contributed by atoms with Crippen LogP contribution in [0.5, 0.6) is 5.75 Å². The zero-order valence-corrected chi connectivity index (χ0v) is 11.4. The largest absolute Gasteiger partial charge is 0.508 e. The molecule has 2 rings (SSSR count). The van der Waals surface area contributed by atoms with Crippen molar-refractivity contribution in [1.82, 2.24) is 0 Å². The van der Waals surface area contributed by atoms with Crippen LogP contribution in [0.1, 0.15) is 16.7 Å². The van der Waals surface area contributed by atoms with Gasteiger partial charge in [0.05, 0.1) is 5.92 Å². The molecule has 20 heavy (non-hydrogen) atoms. The van der Waals surface area contributed by atoms with Gasteiger partial charge in [-0.3, -0.25) is 4.79 Å². The van der Waals surface area contributed by atoms with Crippen molar-refractivity contribution in [1.29, 1.82) is 0 Å². The molecular weight excluding hydrogens is 252 g/mol. The molecule has 0 fully saturated rings. The average molecular weight is 270 g/mol. The zero-order valence-electron chi connectivity index (χ0n) is 11.4. The van der Waals surface area contributed by atoms with E-state index in [1.54, 1.807) is 24.3 Å². The lowest BCUT2D eigenvalue weighted by molar-refractivity contribution is -0.141. The number of carbonyl (C=O) groups is 1.